The fourth-order valence-electron chi connectivity index (χ4n) is 0.938. The third kappa shape index (κ3) is 6.26. The average Bonchev–Trinajstić information content (AvgIpc) is 2.12. The largest absolute Gasteiger partial charge is 0.303 e. The highest BCUT2D eigenvalue weighted by molar-refractivity contribution is 7.90. The van der Waals surface area contributed by atoms with Crippen molar-refractivity contribution < 1.29 is 8.42 Å². The molecule has 0 aromatic heterocycles. The maximum atomic E-state index is 10.9. The molecule has 0 fully saturated rings. The van der Waals surface area contributed by atoms with Crippen molar-refractivity contribution >= 4 is 21.6 Å². The molecule has 0 saturated carbocycles. The van der Waals surface area contributed by atoms with Gasteiger partial charge in [0, 0.05) is 13.1 Å². The van der Waals surface area contributed by atoms with Crippen LogP contribution >= 0.6 is 11.6 Å². The summed E-state index contributed by atoms with van der Waals surface area (Å²) in [5, 5.41) is -0.370. The number of hydrogen-bond acceptors (Lipinski definition) is 3. The minimum absolute atomic E-state index is 0.370. The number of likely N-dealkylation sites (N-methyl/N-ethyl adjacent to an activating group) is 1. The van der Waals surface area contributed by atoms with E-state index in [1.165, 1.54) is 0 Å². The molecule has 0 aliphatic rings. The minimum atomic E-state index is -3.24. The zero-order chi connectivity index (χ0) is 10.3. The molecule has 0 aliphatic heterocycles. The molecule has 0 heterocycles. The van der Waals surface area contributed by atoms with Gasteiger partial charge in [-0.3, -0.25) is 0 Å². The van der Waals surface area contributed by atoms with E-state index < -0.39 is 10.0 Å². The molecule has 0 aromatic rings. The molecule has 0 amide bonds. The van der Waals surface area contributed by atoms with Gasteiger partial charge in [-0.15, -0.1) is 11.6 Å². The van der Waals surface area contributed by atoms with E-state index in [-0.39, 0.29) is 5.21 Å². The second-order valence-corrected chi connectivity index (χ2v) is 5.04. The lowest BCUT2D eigenvalue weighted by molar-refractivity contribution is 0.309. The molecular weight excluding hydrogens is 212 g/mol. The van der Waals surface area contributed by atoms with E-state index in [0.717, 1.165) is 19.6 Å². The van der Waals surface area contributed by atoms with E-state index in [2.05, 4.69) is 9.62 Å². The Morgan fingerprint density at radius 1 is 1.31 bits per heavy atom. The third-order valence-corrected chi connectivity index (χ3v) is 3.58. The summed E-state index contributed by atoms with van der Waals surface area (Å²) >= 11 is 5.21. The summed E-state index contributed by atoms with van der Waals surface area (Å²) in [6.45, 7) is 7.09. The van der Waals surface area contributed by atoms with Crippen LogP contribution < -0.4 is 4.72 Å². The van der Waals surface area contributed by atoms with Crippen molar-refractivity contribution in [3.8, 4) is 0 Å². The Kier molecular flexibility index (Phi) is 6.67. The molecule has 0 bridgehead atoms. The number of hydrogen-bond donors (Lipinski definition) is 1. The Labute approximate surface area is 85.3 Å². The van der Waals surface area contributed by atoms with Gasteiger partial charge in [0.1, 0.15) is 5.21 Å². The number of rotatable bonds is 7. The van der Waals surface area contributed by atoms with Crippen molar-refractivity contribution in [2.24, 2.45) is 0 Å². The molecule has 0 radical (unpaired) electrons. The van der Waals surface area contributed by atoms with Gasteiger partial charge in [0.15, 0.2) is 0 Å². The Balaban J connectivity index is 3.67. The molecule has 6 heteroatoms. The number of halogens is 1. The topological polar surface area (TPSA) is 49.4 Å². The summed E-state index contributed by atoms with van der Waals surface area (Å²) < 4.78 is 24.2. The molecule has 0 atom stereocenters. The van der Waals surface area contributed by atoms with Gasteiger partial charge < -0.3 is 4.90 Å². The maximum absolute atomic E-state index is 10.9. The highest BCUT2D eigenvalue weighted by atomic mass is 35.5. The van der Waals surface area contributed by atoms with Gasteiger partial charge in [-0.2, -0.15) is 0 Å². The van der Waals surface area contributed by atoms with Crippen molar-refractivity contribution in [3.63, 3.8) is 0 Å². The fourth-order valence-corrected chi connectivity index (χ4v) is 1.65. The first kappa shape index (κ1) is 13.2. The summed E-state index contributed by atoms with van der Waals surface area (Å²) in [5.41, 5.74) is 0. The standard InChI is InChI=1S/C7H17ClN2O2S/c1-3-10(4-2)6-5-9-13(11,12)7-8/h9H,3-7H2,1-2H3. The summed E-state index contributed by atoms with van der Waals surface area (Å²) in [6.07, 6.45) is 0. The first-order chi connectivity index (χ1) is 6.05. The van der Waals surface area contributed by atoms with Gasteiger partial charge in [-0.25, -0.2) is 13.1 Å². The van der Waals surface area contributed by atoms with Crippen LogP contribution in [-0.2, 0) is 10.0 Å². The van der Waals surface area contributed by atoms with E-state index >= 15 is 0 Å². The SMILES string of the molecule is CCN(CC)CCNS(=O)(=O)CCl. The van der Waals surface area contributed by atoms with Crippen molar-refractivity contribution in [3.05, 3.63) is 0 Å². The van der Waals surface area contributed by atoms with Crippen molar-refractivity contribution in [1.29, 1.82) is 0 Å². The summed E-state index contributed by atoms with van der Waals surface area (Å²) in [5.74, 6) is 0. The van der Waals surface area contributed by atoms with Gasteiger partial charge in [0.2, 0.25) is 10.0 Å². The van der Waals surface area contributed by atoms with Gasteiger partial charge in [-0.05, 0) is 13.1 Å². The maximum Gasteiger partial charge on any atom is 0.225 e. The van der Waals surface area contributed by atoms with E-state index in [9.17, 15) is 8.42 Å². The number of nitrogens with one attached hydrogen (secondary N) is 1. The van der Waals surface area contributed by atoms with Gasteiger partial charge >= 0.3 is 0 Å². The Bertz CT molecular complexity index is 215. The fraction of sp³-hybridized carbons (Fsp3) is 1.00. The first-order valence-corrected chi connectivity index (χ1v) is 6.50. The zero-order valence-corrected chi connectivity index (χ0v) is 9.66. The average molecular weight is 229 g/mol. The van der Waals surface area contributed by atoms with Crippen LogP contribution in [0.15, 0.2) is 0 Å². The molecule has 80 valence electrons. The van der Waals surface area contributed by atoms with E-state index in [1.807, 2.05) is 13.8 Å². The van der Waals surface area contributed by atoms with Crippen LogP contribution in [-0.4, -0.2) is 44.7 Å². The Hall–Kier alpha value is 0.160. The highest BCUT2D eigenvalue weighted by Gasteiger charge is 2.07. The molecule has 4 nitrogen and oxygen atoms in total. The van der Waals surface area contributed by atoms with Crippen LogP contribution in [0.2, 0.25) is 0 Å². The van der Waals surface area contributed by atoms with Crippen LogP contribution in [0.25, 0.3) is 0 Å². The zero-order valence-electron chi connectivity index (χ0n) is 8.09. The normalized spacial score (nSPS) is 12.3. The van der Waals surface area contributed by atoms with E-state index in [1.54, 1.807) is 0 Å². The summed E-state index contributed by atoms with van der Waals surface area (Å²) in [6, 6.07) is 0. The van der Waals surface area contributed by atoms with Crippen molar-refractivity contribution in [2.75, 3.05) is 31.4 Å². The second-order valence-electron chi connectivity index (χ2n) is 2.65. The third-order valence-electron chi connectivity index (χ3n) is 1.79. The predicted octanol–water partition coefficient (Wildman–Crippen LogP) is 0.444. The molecule has 1 N–H and O–H groups in total. The van der Waals surface area contributed by atoms with Crippen molar-refractivity contribution in [1.82, 2.24) is 9.62 Å². The van der Waals surface area contributed by atoms with E-state index in [4.69, 9.17) is 11.6 Å². The smallest absolute Gasteiger partial charge is 0.225 e. The predicted molar refractivity (Wildman–Crippen MR) is 55.4 cm³/mol. The quantitative estimate of drug-likeness (QED) is 0.644. The monoisotopic (exact) mass is 228 g/mol. The van der Waals surface area contributed by atoms with Crippen LogP contribution in [0.1, 0.15) is 13.8 Å². The lowest BCUT2D eigenvalue weighted by Crippen LogP contribution is -2.35. The van der Waals surface area contributed by atoms with Gasteiger partial charge in [-0.1, -0.05) is 13.8 Å². The first-order valence-electron chi connectivity index (χ1n) is 4.31. The Morgan fingerprint density at radius 3 is 2.23 bits per heavy atom. The van der Waals surface area contributed by atoms with Crippen molar-refractivity contribution in [2.45, 2.75) is 13.8 Å². The van der Waals surface area contributed by atoms with Gasteiger partial charge in [0.25, 0.3) is 0 Å². The van der Waals surface area contributed by atoms with Crippen LogP contribution in [0.5, 0.6) is 0 Å². The van der Waals surface area contributed by atoms with Crippen LogP contribution in [0, 0.1) is 0 Å². The summed E-state index contributed by atoms with van der Waals surface area (Å²) in [7, 11) is -3.24. The lowest BCUT2D eigenvalue weighted by atomic mass is 10.5. The lowest BCUT2D eigenvalue weighted by Gasteiger charge is -2.17. The molecule has 13 heavy (non-hydrogen) atoms. The molecule has 0 aromatic carbocycles. The van der Waals surface area contributed by atoms with Gasteiger partial charge in [0.05, 0.1) is 0 Å². The number of nitrogens with zero attached hydrogens (tertiary/aromatic N) is 1. The van der Waals surface area contributed by atoms with E-state index in [0.29, 0.717) is 6.54 Å². The molecule has 0 saturated heterocycles. The highest BCUT2D eigenvalue weighted by Crippen LogP contribution is 1.89. The number of sulfonamides is 1. The molecule has 0 rings (SSSR count). The minimum Gasteiger partial charge on any atom is -0.303 e. The molecular formula is C7H17ClN2O2S. The molecule has 0 spiro atoms. The van der Waals surface area contributed by atoms with Crippen LogP contribution in [0.4, 0.5) is 0 Å². The molecule has 0 unspecified atom stereocenters. The summed E-state index contributed by atoms with van der Waals surface area (Å²) in [4.78, 5) is 2.14. The van der Waals surface area contributed by atoms with Crippen LogP contribution in [0.3, 0.4) is 0 Å². The number of alkyl halides is 1. The molecule has 0 aliphatic carbocycles. The Morgan fingerprint density at radius 2 is 1.85 bits per heavy atom. The second kappa shape index (κ2) is 6.59.